The average Bonchev–Trinajstić information content (AvgIpc) is 3.04. The molecule has 5 heteroatoms. The van der Waals surface area contributed by atoms with Crippen LogP contribution in [0.15, 0.2) is 57.6 Å². The topological polar surface area (TPSA) is 51.5 Å². The lowest BCUT2D eigenvalue weighted by molar-refractivity contribution is -0.116. The van der Waals surface area contributed by atoms with Crippen LogP contribution in [0.5, 0.6) is 5.75 Å². The largest absolute Gasteiger partial charge is 0.493 e. The SMILES string of the molecule is CCOc1cc2occ(-c3ccc(Br)cc3)c2cc1/C(C)=C/C(=O)NC. The second-order valence-electron chi connectivity index (χ2n) is 5.88. The van der Waals surface area contributed by atoms with Crippen LogP contribution in [0.25, 0.3) is 27.7 Å². The summed E-state index contributed by atoms with van der Waals surface area (Å²) in [6.45, 7) is 4.37. The number of carbonyl (C=O) groups excluding carboxylic acids is 1. The molecule has 0 spiro atoms. The zero-order chi connectivity index (χ0) is 18.7. The second kappa shape index (κ2) is 7.79. The van der Waals surface area contributed by atoms with E-state index in [0.29, 0.717) is 12.4 Å². The van der Waals surface area contributed by atoms with Gasteiger partial charge in [0.05, 0.1) is 12.9 Å². The maximum atomic E-state index is 11.7. The summed E-state index contributed by atoms with van der Waals surface area (Å²) in [6.07, 6.45) is 3.33. The summed E-state index contributed by atoms with van der Waals surface area (Å²) in [4.78, 5) is 11.7. The standard InChI is InChI=1S/C21H20BrNO3/c1-4-25-19-11-20-17(10-16(19)13(2)9-21(24)23-3)18(12-26-20)14-5-7-15(22)8-6-14/h5-12H,4H2,1-3H3,(H,23,24)/b13-9+. The van der Waals surface area contributed by atoms with E-state index in [4.69, 9.17) is 9.15 Å². The minimum atomic E-state index is -0.148. The quantitative estimate of drug-likeness (QED) is 0.568. The minimum absolute atomic E-state index is 0.148. The summed E-state index contributed by atoms with van der Waals surface area (Å²) >= 11 is 3.46. The minimum Gasteiger partial charge on any atom is -0.493 e. The maximum Gasteiger partial charge on any atom is 0.244 e. The maximum absolute atomic E-state index is 11.7. The van der Waals surface area contributed by atoms with Gasteiger partial charge in [-0.05, 0) is 43.2 Å². The Morgan fingerprint density at radius 1 is 1.27 bits per heavy atom. The Hall–Kier alpha value is -2.53. The van der Waals surface area contributed by atoms with E-state index in [9.17, 15) is 4.79 Å². The Kier molecular flexibility index (Phi) is 5.47. The Labute approximate surface area is 161 Å². The lowest BCUT2D eigenvalue weighted by Crippen LogP contribution is -2.14. The summed E-state index contributed by atoms with van der Waals surface area (Å²) < 4.78 is 12.6. The first kappa shape index (κ1) is 18.3. The van der Waals surface area contributed by atoms with Gasteiger partial charge in [0.1, 0.15) is 11.3 Å². The van der Waals surface area contributed by atoms with E-state index >= 15 is 0 Å². The van der Waals surface area contributed by atoms with Crippen molar-refractivity contribution in [1.29, 1.82) is 0 Å². The number of likely N-dealkylation sites (N-methyl/N-ethyl adjacent to an activating group) is 1. The van der Waals surface area contributed by atoms with Crippen molar-refractivity contribution in [2.75, 3.05) is 13.7 Å². The molecule has 0 atom stereocenters. The van der Waals surface area contributed by atoms with Gasteiger partial charge in [-0.15, -0.1) is 0 Å². The molecule has 26 heavy (non-hydrogen) atoms. The molecule has 0 radical (unpaired) electrons. The molecule has 0 aliphatic carbocycles. The van der Waals surface area contributed by atoms with E-state index in [0.717, 1.165) is 37.7 Å². The molecule has 0 aliphatic rings. The van der Waals surface area contributed by atoms with Crippen molar-refractivity contribution in [3.8, 4) is 16.9 Å². The van der Waals surface area contributed by atoms with E-state index in [1.807, 2.05) is 50.2 Å². The van der Waals surface area contributed by atoms with Crippen LogP contribution in [-0.4, -0.2) is 19.6 Å². The van der Waals surface area contributed by atoms with Crippen molar-refractivity contribution in [3.63, 3.8) is 0 Å². The summed E-state index contributed by atoms with van der Waals surface area (Å²) in [5, 5.41) is 3.59. The Bertz CT molecular complexity index is 971. The van der Waals surface area contributed by atoms with E-state index in [1.54, 1.807) is 19.4 Å². The fraction of sp³-hybridized carbons (Fsp3) is 0.190. The highest BCUT2D eigenvalue weighted by molar-refractivity contribution is 9.10. The lowest BCUT2D eigenvalue weighted by Gasteiger charge is -2.11. The molecule has 0 saturated carbocycles. The lowest BCUT2D eigenvalue weighted by atomic mass is 9.99. The molecule has 1 N–H and O–H groups in total. The van der Waals surface area contributed by atoms with E-state index < -0.39 is 0 Å². The molecule has 134 valence electrons. The molecule has 3 rings (SSSR count). The molecule has 0 bridgehead atoms. The highest BCUT2D eigenvalue weighted by Gasteiger charge is 2.15. The number of benzene rings is 2. The smallest absolute Gasteiger partial charge is 0.244 e. The highest BCUT2D eigenvalue weighted by atomic mass is 79.9. The zero-order valence-corrected chi connectivity index (χ0v) is 16.5. The van der Waals surface area contributed by atoms with Crippen LogP contribution in [0.1, 0.15) is 19.4 Å². The van der Waals surface area contributed by atoms with Gasteiger partial charge >= 0.3 is 0 Å². The van der Waals surface area contributed by atoms with Crippen molar-refractivity contribution in [2.24, 2.45) is 0 Å². The van der Waals surface area contributed by atoms with Crippen LogP contribution < -0.4 is 10.1 Å². The van der Waals surface area contributed by atoms with Gasteiger partial charge in [0, 0.05) is 40.2 Å². The van der Waals surface area contributed by atoms with Gasteiger partial charge < -0.3 is 14.5 Å². The molecule has 2 aromatic carbocycles. The van der Waals surface area contributed by atoms with Crippen molar-refractivity contribution in [3.05, 3.63) is 58.8 Å². The number of carbonyl (C=O) groups is 1. The molecule has 1 aromatic heterocycles. The molecule has 0 aliphatic heterocycles. The molecule has 4 nitrogen and oxygen atoms in total. The Morgan fingerprint density at radius 2 is 2.00 bits per heavy atom. The molecular formula is C21H20BrNO3. The predicted molar refractivity (Wildman–Crippen MR) is 108 cm³/mol. The third kappa shape index (κ3) is 3.68. The molecule has 1 heterocycles. The van der Waals surface area contributed by atoms with Crippen LogP contribution in [0.4, 0.5) is 0 Å². The predicted octanol–water partition coefficient (Wildman–Crippen LogP) is 5.41. The normalized spacial score (nSPS) is 11.6. The number of halogens is 1. The number of furan rings is 1. The first-order valence-electron chi connectivity index (χ1n) is 8.37. The molecule has 0 unspecified atom stereocenters. The summed E-state index contributed by atoms with van der Waals surface area (Å²) in [7, 11) is 1.61. The Balaban J connectivity index is 2.17. The van der Waals surface area contributed by atoms with Crippen LogP contribution in [-0.2, 0) is 4.79 Å². The number of nitrogens with one attached hydrogen (secondary N) is 1. The van der Waals surface area contributed by atoms with Gasteiger partial charge in [0.2, 0.25) is 5.91 Å². The average molecular weight is 414 g/mol. The van der Waals surface area contributed by atoms with Crippen molar-refractivity contribution in [2.45, 2.75) is 13.8 Å². The number of amides is 1. The number of fused-ring (bicyclic) bond motifs is 1. The fourth-order valence-corrected chi connectivity index (χ4v) is 3.10. The molecule has 0 saturated heterocycles. The molecule has 3 aromatic rings. The highest BCUT2D eigenvalue weighted by Crippen LogP contribution is 2.37. The van der Waals surface area contributed by atoms with E-state index in [-0.39, 0.29) is 5.91 Å². The number of hydrogen-bond acceptors (Lipinski definition) is 3. The third-order valence-electron chi connectivity index (χ3n) is 4.15. The number of hydrogen-bond donors (Lipinski definition) is 1. The molecule has 1 amide bonds. The third-order valence-corrected chi connectivity index (χ3v) is 4.68. The van der Waals surface area contributed by atoms with Crippen LogP contribution in [0.3, 0.4) is 0 Å². The Morgan fingerprint density at radius 3 is 2.65 bits per heavy atom. The first-order chi connectivity index (χ1) is 12.5. The van der Waals surface area contributed by atoms with Crippen LogP contribution >= 0.6 is 15.9 Å². The van der Waals surface area contributed by atoms with Gasteiger partial charge in [-0.1, -0.05) is 28.1 Å². The van der Waals surface area contributed by atoms with Crippen LogP contribution in [0, 0.1) is 0 Å². The number of allylic oxidation sites excluding steroid dienone is 1. The van der Waals surface area contributed by atoms with Gasteiger partial charge in [0.15, 0.2) is 0 Å². The molecule has 0 fully saturated rings. The van der Waals surface area contributed by atoms with Crippen molar-refractivity contribution < 1.29 is 13.9 Å². The van der Waals surface area contributed by atoms with E-state index in [1.165, 1.54) is 0 Å². The van der Waals surface area contributed by atoms with Gasteiger partial charge in [-0.2, -0.15) is 0 Å². The van der Waals surface area contributed by atoms with Gasteiger partial charge in [-0.3, -0.25) is 4.79 Å². The summed E-state index contributed by atoms with van der Waals surface area (Å²) in [6, 6.07) is 12.0. The van der Waals surface area contributed by atoms with E-state index in [2.05, 4.69) is 21.2 Å². The zero-order valence-electron chi connectivity index (χ0n) is 14.9. The molecular weight excluding hydrogens is 394 g/mol. The fourth-order valence-electron chi connectivity index (χ4n) is 2.84. The van der Waals surface area contributed by atoms with Crippen molar-refractivity contribution >= 4 is 38.4 Å². The van der Waals surface area contributed by atoms with Gasteiger partial charge in [0.25, 0.3) is 0 Å². The first-order valence-corrected chi connectivity index (χ1v) is 9.17. The van der Waals surface area contributed by atoms with Crippen molar-refractivity contribution in [1.82, 2.24) is 5.32 Å². The second-order valence-corrected chi connectivity index (χ2v) is 6.79. The number of rotatable bonds is 5. The summed E-state index contributed by atoms with van der Waals surface area (Å²) in [5.41, 5.74) is 4.53. The van der Waals surface area contributed by atoms with Gasteiger partial charge in [-0.25, -0.2) is 0 Å². The monoisotopic (exact) mass is 413 g/mol. The van der Waals surface area contributed by atoms with Crippen LogP contribution in [0.2, 0.25) is 0 Å². The number of ether oxygens (including phenoxy) is 1. The summed E-state index contributed by atoms with van der Waals surface area (Å²) in [5.74, 6) is 0.555.